The van der Waals surface area contributed by atoms with E-state index in [1.165, 1.54) is 13.8 Å². The number of carbonyl (C=O) groups excluding carboxylic acids is 3. The van der Waals surface area contributed by atoms with Gasteiger partial charge in [-0.3, -0.25) is 14.4 Å². The van der Waals surface area contributed by atoms with E-state index in [0.717, 1.165) is 38.5 Å². The van der Waals surface area contributed by atoms with E-state index in [2.05, 4.69) is 0 Å². The van der Waals surface area contributed by atoms with Gasteiger partial charge in [-0.15, -0.1) is 0 Å². The van der Waals surface area contributed by atoms with Crippen LogP contribution < -0.4 is 9.47 Å². The summed E-state index contributed by atoms with van der Waals surface area (Å²) in [6, 6.07) is 14.2. The van der Waals surface area contributed by atoms with Crippen molar-refractivity contribution in [1.29, 1.82) is 0 Å². The van der Waals surface area contributed by atoms with Crippen LogP contribution in [0.1, 0.15) is 68.3 Å². The molecule has 0 aliphatic carbocycles. The third-order valence-corrected chi connectivity index (χ3v) is 4.96. The van der Waals surface area contributed by atoms with Crippen molar-refractivity contribution < 1.29 is 33.3 Å². The molecule has 0 amide bonds. The van der Waals surface area contributed by atoms with Crippen LogP contribution in [-0.4, -0.2) is 44.1 Å². The van der Waals surface area contributed by atoms with E-state index in [-0.39, 0.29) is 17.7 Å². The van der Waals surface area contributed by atoms with Gasteiger partial charge in [0.25, 0.3) is 0 Å². The van der Waals surface area contributed by atoms with Gasteiger partial charge in [0, 0.05) is 25.0 Å². The molecule has 34 heavy (non-hydrogen) atoms. The number of unbranched alkanes of at least 4 members (excludes halogenated alkanes) is 4. The lowest BCUT2D eigenvalue weighted by molar-refractivity contribution is -0.142. The summed E-state index contributed by atoms with van der Waals surface area (Å²) in [5.74, 6) is 0.863. The van der Waals surface area contributed by atoms with Gasteiger partial charge in [-0.25, -0.2) is 0 Å². The standard InChI is InChI=1S/C27H34O7/c1-21(28)31-17-5-3-7-19-33-25-13-9-23(10-14-25)27(30)24-11-15-26(16-12-24)34-20-8-4-6-18-32-22(2)29/h9-16H,3-8,17-20H2,1-2H3. The molecule has 0 aromatic heterocycles. The summed E-state index contributed by atoms with van der Waals surface area (Å²) in [5, 5.41) is 0. The fourth-order valence-corrected chi connectivity index (χ4v) is 3.15. The third kappa shape index (κ3) is 11.0. The molecule has 7 heteroatoms. The first-order chi connectivity index (χ1) is 16.5. The first kappa shape index (κ1) is 26.9. The minimum absolute atomic E-state index is 0.0611. The number of ether oxygens (including phenoxy) is 4. The van der Waals surface area contributed by atoms with Gasteiger partial charge in [0.1, 0.15) is 11.5 Å². The summed E-state index contributed by atoms with van der Waals surface area (Å²) < 4.78 is 21.2. The Balaban J connectivity index is 1.67. The number of hydrogen-bond donors (Lipinski definition) is 0. The second-order valence-corrected chi connectivity index (χ2v) is 7.88. The number of rotatable bonds is 16. The SMILES string of the molecule is CC(=O)OCCCCCOc1ccc(C(=O)c2ccc(OCCCCCOC(C)=O)cc2)cc1. The number of benzene rings is 2. The Bertz CT molecular complexity index is 815. The molecule has 0 bridgehead atoms. The highest BCUT2D eigenvalue weighted by Gasteiger charge is 2.09. The van der Waals surface area contributed by atoms with Gasteiger partial charge in [0.2, 0.25) is 0 Å². The van der Waals surface area contributed by atoms with Crippen molar-refractivity contribution in [1.82, 2.24) is 0 Å². The minimum Gasteiger partial charge on any atom is -0.494 e. The van der Waals surface area contributed by atoms with Gasteiger partial charge in [-0.05, 0) is 87.1 Å². The maximum atomic E-state index is 12.7. The van der Waals surface area contributed by atoms with Crippen molar-refractivity contribution >= 4 is 17.7 Å². The van der Waals surface area contributed by atoms with Crippen molar-refractivity contribution in [2.75, 3.05) is 26.4 Å². The molecule has 184 valence electrons. The highest BCUT2D eigenvalue weighted by molar-refractivity contribution is 6.09. The van der Waals surface area contributed by atoms with Crippen molar-refractivity contribution in [2.24, 2.45) is 0 Å². The zero-order valence-electron chi connectivity index (χ0n) is 20.0. The van der Waals surface area contributed by atoms with Gasteiger partial charge in [0.05, 0.1) is 26.4 Å². The van der Waals surface area contributed by atoms with Gasteiger partial charge in [0.15, 0.2) is 5.78 Å². The number of esters is 2. The van der Waals surface area contributed by atoms with Crippen LogP contribution in [0.2, 0.25) is 0 Å². The average molecular weight is 471 g/mol. The van der Waals surface area contributed by atoms with E-state index in [0.29, 0.717) is 49.1 Å². The molecule has 0 saturated heterocycles. The third-order valence-electron chi connectivity index (χ3n) is 4.96. The Morgan fingerprint density at radius 3 is 1.24 bits per heavy atom. The summed E-state index contributed by atoms with van der Waals surface area (Å²) in [7, 11) is 0. The van der Waals surface area contributed by atoms with E-state index in [9.17, 15) is 14.4 Å². The normalized spacial score (nSPS) is 10.4. The summed E-state index contributed by atoms with van der Waals surface area (Å²) in [4.78, 5) is 34.1. The van der Waals surface area contributed by atoms with E-state index in [1.54, 1.807) is 48.5 Å². The van der Waals surface area contributed by atoms with E-state index in [1.807, 2.05) is 0 Å². The Hall–Kier alpha value is -3.35. The van der Waals surface area contributed by atoms with Crippen LogP contribution in [0.4, 0.5) is 0 Å². The predicted octanol–water partition coefficient (Wildman–Crippen LogP) is 5.14. The molecule has 7 nitrogen and oxygen atoms in total. The van der Waals surface area contributed by atoms with E-state index in [4.69, 9.17) is 18.9 Å². The second-order valence-electron chi connectivity index (χ2n) is 7.88. The van der Waals surface area contributed by atoms with Crippen LogP contribution in [0.3, 0.4) is 0 Å². The molecule has 0 spiro atoms. The maximum Gasteiger partial charge on any atom is 0.302 e. The molecule has 0 fully saturated rings. The van der Waals surface area contributed by atoms with Gasteiger partial charge in [-0.1, -0.05) is 0 Å². The first-order valence-corrected chi connectivity index (χ1v) is 11.7. The van der Waals surface area contributed by atoms with Crippen molar-refractivity contribution in [3.8, 4) is 11.5 Å². The van der Waals surface area contributed by atoms with Gasteiger partial charge < -0.3 is 18.9 Å². The van der Waals surface area contributed by atoms with Crippen molar-refractivity contribution in [2.45, 2.75) is 52.4 Å². The molecule has 0 radical (unpaired) electrons. The molecule has 0 aliphatic heterocycles. The maximum absolute atomic E-state index is 12.7. The minimum atomic E-state index is -0.254. The summed E-state index contributed by atoms with van der Waals surface area (Å²) in [5.41, 5.74) is 1.19. The Morgan fingerprint density at radius 2 is 0.882 bits per heavy atom. The lowest BCUT2D eigenvalue weighted by Crippen LogP contribution is -2.04. The van der Waals surface area contributed by atoms with Crippen LogP contribution in [0.5, 0.6) is 11.5 Å². The highest BCUT2D eigenvalue weighted by Crippen LogP contribution is 2.18. The van der Waals surface area contributed by atoms with E-state index < -0.39 is 0 Å². The zero-order valence-corrected chi connectivity index (χ0v) is 20.0. The molecule has 0 atom stereocenters. The lowest BCUT2D eigenvalue weighted by Gasteiger charge is -2.08. The quantitative estimate of drug-likeness (QED) is 0.191. The van der Waals surface area contributed by atoms with Crippen LogP contribution in [0.15, 0.2) is 48.5 Å². The number of ketones is 1. The van der Waals surface area contributed by atoms with Crippen LogP contribution in [0.25, 0.3) is 0 Å². The second kappa shape index (κ2) is 15.5. The molecular formula is C27H34O7. The predicted molar refractivity (Wildman–Crippen MR) is 128 cm³/mol. The van der Waals surface area contributed by atoms with Crippen molar-refractivity contribution in [3.05, 3.63) is 59.7 Å². The lowest BCUT2D eigenvalue weighted by atomic mass is 10.0. The van der Waals surface area contributed by atoms with Crippen molar-refractivity contribution in [3.63, 3.8) is 0 Å². The molecule has 0 heterocycles. The molecule has 0 unspecified atom stereocenters. The Labute approximate surface area is 201 Å². The largest absolute Gasteiger partial charge is 0.494 e. The zero-order chi connectivity index (χ0) is 24.6. The molecule has 2 rings (SSSR count). The molecular weight excluding hydrogens is 436 g/mol. The fourth-order valence-electron chi connectivity index (χ4n) is 3.15. The Morgan fingerprint density at radius 1 is 0.529 bits per heavy atom. The summed E-state index contributed by atoms with van der Waals surface area (Å²) in [6.07, 6.45) is 5.20. The fraction of sp³-hybridized carbons (Fsp3) is 0.444. The Kier molecular flexibility index (Phi) is 12.2. The topological polar surface area (TPSA) is 88.1 Å². The summed E-state index contributed by atoms with van der Waals surface area (Å²) in [6.45, 7) is 4.84. The average Bonchev–Trinajstić information content (AvgIpc) is 2.83. The molecule has 0 aliphatic rings. The van der Waals surface area contributed by atoms with Crippen LogP contribution >= 0.6 is 0 Å². The van der Waals surface area contributed by atoms with Crippen LogP contribution in [0, 0.1) is 0 Å². The first-order valence-electron chi connectivity index (χ1n) is 11.7. The monoisotopic (exact) mass is 470 g/mol. The molecule has 0 N–H and O–H groups in total. The van der Waals surface area contributed by atoms with Gasteiger partial charge in [-0.2, -0.15) is 0 Å². The van der Waals surface area contributed by atoms with Gasteiger partial charge >= 0.3 is 11.9 Å². The molecule has 0 saturated carbocycles. The van der Waals surface area contributed by atoms with E-state index >= 15 is 0 Å². The van der Waals surface area contributed by atoms with Crippen LogP contribution in [-0.2, 0) is 19.1 Å². The molecule has 2 aromatic rings. The highest BCUT2D eigenvalue weighted by atomic mass is 16.5. The number of hydrogen-bond acceptors (Lipinski definition) is 7. The molecule has 2 aromatic carbocycles. The smallest absolute Gasteiger partial charge is 0.302 e. The summed E-state index contributed by atoms with van der Waals surface area (Å²) >= 11 is 0. The number of carbonyl (C=O) groups is 3.